The van der Waals surface area contributed by atoms with Crippen LogP contribution >= 0.6 is 27.5 Å². The summed E-state index contributed by atoms with van der Waals surface area (Å²) in [6.07, 6.45) is 3.53. The van der Waals surface area contributed by atoms with Crippen molar-refractivity contribution < 1.29 is 4.74 Å². The Kier molecular flexibility index (Phi) is 4.93. The minimum Gasteiger partial charge on any atom is -0.358 e. The predicted octanol–water partition coefficient (Wildman–Crippen LogP) is 4.93. The molecule has 1 saturated heterocycles. The second kappa shape index (κ2) is 6.29. The van der Waals surface area contributed by atoms with E-state index in [0.29, 0.717) is 5.03 Å². The number of nitrogens with zero attached hydrogens (tertiary/aromatic N) is 1. The first-order valence-electron chi connectivity index (χ1n) is 6.50. The summed E-state index contributed by atoms with van der Waals surface area (Å²) in [6.45, 7) is 6.77. The van der Waals surface area contributed by atoms with Gasteiger partial charge in [-0.15, -0.1) is 0 Å². The monoisotopic (exact) mass is 343 g/mol. The zero-order valence-electron chi connectivity index (χ0n) is 11.4. The summed E-state index contributed by atoms with van der Waals surface area (Å²) in [5, 5.41) is 0.549. The molecule has 1 unspecified atom stereocenters. The molecule has 0 aliphatic carbocycles. The maximum atomic E-state index is 6.18. The summed E-state index contributed by atoms with van der Waals surface area (Å²) < 4.78 is 6.84. The van der Waals surface area contributed by atoms with Gasteiger partial charge in [0.05, 0.1) is 0 Å². The number of hydrogen-bond donors (Lipinski definition) is 0. The van der Waals surface area contributed by atoms with Crippen molar-refractivity contribution >= 4 is 38.3 Å². The number of hydrogen-bond acceptors (Lipinski definition) is 2. The van der Waals surface area contributed by atoms with Crippen LogP contribution in [-0.4, -0.2) is 19.9 Å². The first kappa shape index (κ1) is 14.9. The van der Waals surface area contributed by atoms with Crippen molar-refractivity contribution in [2.24, 2.45) is 0 Å². The molecule has 1 atom stereocenters. The Morgan fingerprint density at radius 1 is 1.47 bits per heavy atom. The molecule has 1 aliphatic rings. The van der Waals surface area contributed by atoms with Crippen LogP contribution < -0.4 is 4.90 Å². The molecule has 0 bridgehead atoms. The molecule has 19 heavy (non-hydrogen) atoms. The SMILES string of the molecule is C=C(Cl)c1c(N(C)C2CCCCO2)ccc(C)c1Br. The first-order chi connectivity index (χ1) is 9.02. The number of anilines is 1. The van der Waals surface area contributed by atoms with Gasteiger partial charge in [-0.2, -0.15) is 0 Å². The average molecular weight is 345 g/mol. The van der Waals surface area contributed by atoms with Crippen LogP contribution in [0.5, 0.6) is 0 Å². The van der Waals surface area contributed by atoms with Gasteiger partial charge in [0.25, 0.3) is 0 Å². The number of halogens is 2. The number of ether oxygens (including phenoxy) is 1. The van der Waals surface area contributed by atoms with E-state index in [1.807, 2.05) is 6.92 Å². The van der Waals surface area contributed by atoms with Gasteiger partial charge in [0.15, 0.2) is 0 Å². The van der Waals surface area contributed by atoms with Crippen LogP contribution in [0.3, 0.4) is 0 Å². The Morgan fingerprint density at radius 3 is 2.79 bits per heavy atom. The van der Waals surface area contributed by atoms with Crippen molar-refractivity contribution in [3.8, 4) is 0 Å². The predicted molar refractivity (Wildman–Crippen MR) is 85.8 cm³/mol. The lowest BCUT2D eigenvalue weighted by atomic mass is 10.1. The quantitative estimate of drug-likeness (QED) is 0.771. The molecule has 0 spiro atoms. The van der Waals surface area contributed by atoms with Crippen LogP contribution in [0.2, 0.25) is 0 Å². The second-order valence-electron chi connectivity index (χ2n) is 4.93. The number of benzene rings is 1. The van der Waals surface area contributed by atoms with E-state index in [1.54, 1.807) is 0 Å². The molecule has 1 aromatic rings. The maximum Gasteiger partial charge on any atom is 0.129 e. The molecule has 104 valence electrons. The number of rotatable bonds is 3. The summed E-state index contributed by atoms with van der Waals surface area (Å²) >= 11 is 9.79. The van der Waals surface area contributed by atoms with Crippen LogP contribution in [0.1, 0.15) is 30.4 Å². The molecule has 1 heterocycles. The van der Waals surface area contributed by atoms with Crippen molar-refractivity contribution in [2.75, 3.05) is 18.6 Å². The van der Waals surface area contributed by atoms with Gasteiger partial charge in [-0.3, -0.25) is 0 Å². The van der Waals surface area contributed by atoms with Gasteiger partial charge in [-0.25, -0.2) is 0 Å². The highest BCUT2D eigenvalue weighted by molar-refractivity contribution is 9.10. The zero-order chi connectivity index (χ0) is 14.0. The van der Waals surface area contributed by atoms with E-state index in [4.69, 9.17) is 16.3 Å². The standard InChI is InChI=1S/C15H19BrClNO/c1-10-7-8-12(14(11(2)17)15(10)16)18(3)13-6-4-5-9-19-13/h7-8,13H,2,4-6,9H2,1,3H3. The van der Waals surface area contributed by atoms with Crippen LogP contribution in [0, 0.1) is 6.92 Å². The molecule has 0 saturated carbocycles. The fourth-order valence-electron chi connectivity index (χ4n) is 2.41. The maximum absolute atomic E-state index is 6.18. The normalized spacial score (nSPS) is 19.3. The Hall–Kier alpha value is -0.510. The zero-order valence-corrected chi connectivity index (χ0v) is 13.7. The van der Waals surface area contributed by atoms with Gasteiger partial charge in [0.1, 0.15) is 6.23 Å². The highest BCUT2D eigenvalue weighted by atomic mass is 79.9. The Balaban J connectivity index is 2.38. The van der Waals surface area contributed by atoms with E-state index in [-0.39, 0.29) is 6.23 Å². The molecule has 1 aliphatic heterocycles. The van der Waals surface area contributed by atoms with Crippen molar-refractivity contribution in [3.05, 3.63) is 34.3 Å². The second-order valence-corrected chi connectivity index (χ2v) is 6.18. The highest BCUT2D eigenvalue weighted by Crippen LogP contribution is 2.38. The fraction of sp³-hybridized carbons (Fsp3) is 0.467. The summed E-state index contributed by atoms with van der Waals surface area (Å²) in [5.41, 5.74) is 3.17. The summed E-state index contributed by atoms with van der Waals surface area (Å²) in [6, 6.07) is 4.17. The molecule has 1 aromatic carbocycles. The average Bonchev–Trinajstić information content (AvgIpc) is 2.41. The molecule has 1 fully saturated rings. The van der Waals surface area contributed by atoms with Gasteiger partial charge in [-0.1, -0.05) is 24.2 Å². The molecular formula is C15H19BrClNO. The molecule has 0 radical (unpaired) electrons. The molecule has 0 amide bonds. The van der Waals surface area contributed by atoms with E-state index in [0.717, 1.165) is 40.7 Å². The minimum atomic E-state index is 0.123. The van der Waals surface area contributed by atoms with Crippen molar-refractivity contribution in [1.29, 1.82) is 0 Å². The van der Waals surface area contributed by atoms with Crippen LogP contribution in [-0.2, 0) is 4.74 Å². The van der Waals surface area contributed by atoms with Crippen LogP contribution in [0.4, 0.5) is 5.69 Å². The van der Waals surface area contributed by atoms with Gasteiger partial charge in [0, 0.05) is 34.4 Å². The molecule has 0 N–H and O–H groups in total. The van der Waals surface area contributed by atoms with Crippen LogP contribution in [0.15, 0.2) is 23.2 Å². The fourth-order valence-corrected chi connectivity index (χ4v) is 3.29. The summed E-state index contributed by atoms with van der Waals surface area (Å²) in [5.74, 6) is 0. The molecular weight excluding hydrogens is 326 g/mol. The lowest BCUT2D eigenvalue weighted by Crippen LogP contribution is -2.37. The van der Waals surface area contributed by atoms with Gasteiger partial charge >= 0.3 is 0 Å². The molecule has 0 aromatic heterocycles. The summed E-state index contributed by atoms with van der Waals surface area (Å²) in [7, 11) is 2.05. The van der Waals surface area contributed by atoms with E-state index in [2.05, 4.69) is 46.6 Å². The van der Waals surface area contributed by atoms with Gasteiger partial charge in [-0.05, 0) is 53.7 Å². The van der Waals surface area contributed by atoms with E-state index in [1.165, 1.54) is 6.42 Å². The molecule has 2 nitrogen and oxygen atoms in total. The minimum absolute atomic E-state index is 0.123. The Labute approximate surface area is 128 Å². The van der Waals surface area contributed by atoms with Gasteiger partial charge in [0.2, 0.25) is 0 Å². The largest absolute Gasteiger partial charge is 0.358 e. The first-order valence-corrected chi connectivity index (χ1v) is 7.67. The molecule has 2 rings (SSSR count). The topological polar surface area (TPSA) is 12.5 Å². The third-order valence-corrected chi connectivity index (χ3v) is 4.76. The third-order valence-electron chi connectivity index (χ3n) is 3.55. The number of aryl methyl sites for hydroxylation is 1. The van der Waals surface area contributed by atoms with E-state index >= 15 is 0 Å². The summed E-state index contributed by atoms with van der Waals surface area (Å²) in [4.78, 5) is 2.16. The van der Waals surface area contributed by atoms with Crippen molar-refractivity contribution in [2.45, 2.75) is 32.4 Å². The smallest absolute Gasteiger partial charge is 0.129 e. The van der Waals surface area contributed by atoms with Crippen molar-refractivity contribution in [1.82, 2.24) is 0 Å². The highest BCUT2D eigenvalue weighted by Gasteiger charge is 2.22. The Morgan fingerprint density at radius 2 is 2.21 bits per heavy atom. The van der Waals surface area contributed by atoms with Gasteiger partial charge < -0.3 is 9.64 Å². The van der Waals surface area contributed by atoms with Crippen LogP contribution in [0.25, 0.3) is 5.03 Å². The lowest BCUT2D eigenvalue weighted by Gasteiger charge is -2.34. The van der Waals surface area contributed by atoms with E-state index < -0.39 is 0 Å². The molecule has 4 heteroatoms. The van der Waals surface area contributed by atoms with Crippen molar-refractivity contribution in [3.63, 3.8) is 0 Å². The lowest BCUT2D eigenvalue weighted by molar-refractivity contribution is 0.0174. The van der Waals surface area contributed by atoms with E-state index in [9.17, 15) is 0 Å². The third kappa shape index (κ3) is 3.15. The Bertz CT molecular complexity index is 483.